The van der Waals surface area contributed by atoms with Crippen LogP contribution in [0.4, 0.5) is 0 Å². The van der Waals surface area contributed by atoms with Gasteiger partial charge in [0.2, 0.25) is 0 Å². The fourth-order valence-electron chi connectivity index (χ4n) is 2.23. The molecule has 2 rings (SSSR count). The van der Waals surface area contributed by atoms with Crippen molar-refractivity contribution in [2.45, 2.75) is 18.2 Å². The summed E-state index contributed by atoms with van der Waals surface area (Å²) in [6, 6.07) is 13.5. The summed E-state index contributed by atoms with van der Waals surface area (Å²) in [7, 11) is 3.21. The molecule has 116 valence electrons. The van der Waals surface area contributed by atoms with Crippen LogP contribution in [-0.2, 0) is 6.42 Å². The van der Waals surface area contributed by atoms with Gasteiger partial charge in [0.15, 0.2) is 17.3 Å². The van der Waals surface area contributed by atoms with Crippen LogP contribution in [0.5, 0.6) is 11.5 Å². The van der Waals surface area contributed by atoms with Gasteiger partial charge in [0.1, 0.15) is 0 Å². The van der Waals surface area contributed by atoms with E-state index in [9.17, 15) is 4.79 Å². The Morgan fingerprint density at radius 1 is 1.05 bits per heavy atom. The van der Waals surface area contributed by atoms with Gasteiger partial charge >= 0.3 is 0 Å². The van der Waals surface area contributed by atoms with E-state index in [-0.39, 0.29) is 5.78 Å². The van der Waals surface area contributed by atoms with Gasteiger partial charge < -0.3 is 9.47 Å². The minimum Gasteiger partial charge on any atom is -0.493 e. The Morgan fingerprint density at radius 3 is 2.45 bits per heavy atom. The lowest BCUT2D eigenvalue weighted by molar-refractivity contribution is 0.102. The maximum atomic E-state index is 12.4. The molecule has 0 N–H and O–H groups in total. The number of hydrogen-bond acceptors (Lipinski definition) is 4. The fraction of sp³-hybridized carbons (Fsp3) is 0.278. The van der Waals surface area contributed by atoms with Gasteiger partial charge in [0.05, 0.1) is 20.0 Å². The van der Waals surface area contributed by atoms with E-state index < -0.39 is 0 Å². The summed E-state index contributed by atoms with van der Waals surface area (Å²) in [5.74, 6) is 1.92. The van der Waals surface area contributed by atoms with Crippen molar-refractivity contribution in [2.24, 2.45) is 0 Å². The van der Waals surface area contributed by atoms with Gasteiger partial charge in [-0.3, -0.25) is 4.79 Å². The van der Waals surface area contributed by atoms with Gasteiger partial charge in [-0.05, 0) is 30.2 Å². The number of aryl methyl sites for hydroxylation is 1. The number of ketones is 1. The second-order valence-electron chi connectivity index (χ2n) is 4.74. The van der Waals surface area contributed by atoms with Crippen molar-refractivity contribution in [3.8, 4) is 11.5 Å². The molecule has 0 bridgehead atoms. The first kappa shape index (κ1) is 16.4. The lowest BCUT2D eigenvalue weighted by Crippen LogP contribution is -2.05. The number of benzene rings is 2. The predicted octanol–water partition coefficient (Wildman–Crippen LogP) is 4.24. The Morgan fingerprint density at radius 2 is 1.77 bits per heavy atom. The van der Waals surface area contributed by atoms with E-state index >= 15 is 0 Å². The molecule has 0 heterocycles. The minimum atomic E-state index is 0.150. The maximum absolute atomic E-state index is 12.4. The number of methoxy groups -OCH3 is 2. The van der Waals surface area contributed by atoms with Gasteiger partial charge in [0.25, 0.3) is 0 Å². The summed E-state index contributed by atoms with van der Waals surface area (Å²) >= 11 is 1.51. The minimum absolute atomic E-state index is 0.150. The third-order valence-electron chi connectivity index (χ3n) is 3.42. The molecule has 0 radical (unpaired) electrons. The van der Waals surface area contributed by atoms with Crippen LogP contribution < -0.4 is 9.47 Å². The average Bonchev–Trinajstić information content (AvgIpc) is 2.59. The van der Waals surface area contributed by atoms with Crippen LogP contribution in [-0.4, -0.2) is 25.8 Å². The Labute approximate surface area is 135 Å². The number of thioether (sulfide) groups is 1. The van der Waals surface area contributed by atoms with Crippen molar-refractivity contribution >= 4 is 17.5 Å². The molecule has 0 aliphatic heterocycles. The van der Waals surface area contributed by atoms with Gasteiger partial charge in [-0.1, -0.05) is 31.2 Å². The lowest BCUT2D eigenvalue weighted by Gasteiger charge is -2.10. The number of rotatable bonds is 7. The van der Waals surface area contributed by atoms with Crippen LogP contribution in [0, 0.1) is 0 Å². The van der Waals surface area contributed by atoms with E-state index in [4.69, 9.17) is 9.47 Å². The van der Waals surface area contributed by atoms with E-state index in [1.54, 1.807) is 14.2 Å². The van der Waals surface area contributed by atoms with Crippen LogP contribution >= 0.6 is 11.8 Å². The SMILES string of the molecule is CCc1ccccc1C(=O)CSc1ccc(OC)c(OC)c1. The summed E-state index contributed by atoms with van der Waals surface area (Å²) < 4.78 is 10.5. The largest absolute Gasteiger partial charge is 0.493 e. The first-order valence-electron chi connectivity index (χ1n) is 7.15. The van der Waals surface area contributed by atoms with Crippen molar-refractivity contribution in [3.05, 3.63) is 53.6 Å². The smallest absolute Gasteiger partial charge is 0.173 e. The summed E-state index contributed by atoms with van der Waals surface area (Å²) in [6.45, 7) is 2.06. The molecule has 0 saturated carbocycles. The first-order valence-corrected chi connectivity index (χ1v) is 8.14. The highest BCUT2D eigenvalue weighted by molar-refractivity contribution is 8.00. The quantitative estimate of drug-likeness (QED) is 0.565. The van der Waals surface area contributed by atoms with Gasteiger partial charge in [-0.2, -0.15) is 0 Å². The molecule has 0 aromatic heterocycles. The van der Waals surface area contributed by atoms with Crippen LogP contribution in [0.1, 0.15) is 22.8 Å². The molecule has 0 amide bonds. The number of carbonyl (C=O) groups excluding carboxylic acids is 1. The van der Waals surface area contributed by atoms with Gasteiger partial charge in [-0.15, -0.1) is 11.8 Å². The molecule has 0 spiro atoms. The molecule has 0 saturated heterocycles. The highest BCUT2D eigenvalue weighted by atomic mass is 32.2. The lowest BCUT2D eigenvalue weighted by atomic mass is 10.0. The summed E-state index contributed by atoms with van der Waals surface area (Å²) in [4.78, 5) is 13.4. The molecule has 0 aliphatic rings. The molecule has 22 heavy (non-hydrogen) atoms. The molecule has 4 heteroatoms. The zero-order chi connectivity index (χ0) is 15.9. The zero-order valence-corrected chi connectivity index (χ0v) is 13.9. The normalized spacial score (nSPS) is 10.3. The molecule has 0 unspecified atom stereocenters. The zero-order valence-electron chi connectivity index (χ0n) is 13.1. The molecule has 0 atom stereocenters. The van der Waals surface area contributed by atoms with E-state index in [1.165, 1.54) is 11.8 Å². The third-order valence-corrected chi connectivity index (χ3v) is 4.42. The van der Waals surface area contributed by atoms with Gasteiger partial charge in [0, 0.05) is 10.5 Å². The van der Waals surface area contributed by atoms with Crippen molar-refractivity contribution in [1.82, 2.24) is 0 Å². The van der Waals surface area contributed by atoms with E-state index in [2.05, 4.69) is 6.92 Å². The maximum Gasteiger partial charge on any atom is 0.173 e. The van der Waals surface area contributed by atoms with Crippen LogP contribution in [0.3, 0.4) is 0 Å². The van der Waals surface area contributed by atoms with E-state index in [1.807, 2.05) is 42.5 Å². The number of carbonyl (C=O) groups is 1. The second-order valence-corrected chi connectivity index (χ2v) is 5.79. The summed E-state index contributed by atoms with van der Waals surface area (Å²) in [5, 5.41) is 0. The first-order chi connectivity index (χ1) is 10.7. The highest BCUT2D eigenvalue weighted by Crippen LogP contribution is 2.32. The van der Waals surface area contributed by atoms with Crippen LogP contribution in [0.25, 0.3) is 0 Å². The Hall–Kier alpha value is -1.94. The van der Waals surface area contributed by atoms with Crippen LogP contribution in [0.15, 0.2) is 47.4 Å². The number of ether oxygens (including phenoxy) is 2. The number of Topliss-reactive ketones (excluding diaryl/α,β-unsaturated/α-hetero) is 1. The topological polar surface area (TPSA) is 35.5 Å². The Bertz CT molecular complexity index is 653. The molecular weight excluding hydrogens is 296 g/mol. The highest BCUT2D eigenvalue weighted by Gasteiger charge is 2.11. The predicted molar refractivity (Wildman–Crippen MR) is 90.4 cm³/mol. The average molecular weight is 316 g/mol. The Balaban J connectivity index is 2.08. The van der Waals surface area contributed by atoms with Crippen LogP contribution in [0.2, 0.25) is 0 Å². The van der Waals surface area contributed by atoms with E-state index in [0.717, 1.165) is 22.4 Å². The molecular formula is C18H20O3S. The fourth-order valence-corrected chi connectivity index (χ4v) is 3.04. The Kier molecular flexibility index (Phi) is 5.90. The van der Waals surface area contributed by atoms with Crippen molar-refractivity contribution in [2.75, 3.05) is 20.0 Å². The van der Waals surface area contributed by atoms with Crippen molar-refractivity contribution < 1.29 is 14.3 Å². The second kappa shape index (κ2) is 7.90. The van der Waals surface area contributed by atoms with Crippen molar-refractivity contribution in [3.63, 3.8) is 0 Å². The summed E-state index contributed by atoms with van der Waals surface area (Å²) in [5.41, 5.74) is 1.92. The molecule has 0 aliphatic carbocycles. The monoisotopic (exact) mass is 316 g/mol. The molecule has 0 fully saturated rings. The molecule has 2 aromatic rings. The van der Waals surface area contributed by atoms with Gasteiger partial charge in [-0.25, -0.2) is 0 Å². The number of hydrogen-bond donors (Lipinski definition) is 0. The standard InChI is InChI=1S/C18H20O3S/c1-4-13-7-5-6-8-15(13)16(19)12-22-14-9-10-17(20-2)18(11-14)21-3/h5-11H,4,12H2,1-3H3. The van der Waals surface area contributed by atoms with Crippen molar-refractivity contribution in [1.29, 1.82) is 0 Å². The summed E-state index contributed by atoms with van der Waals surface area (Å²) in [6.07, 6.45) is 0.864. The third kappa shape index (κ3) is 3.83. The molecule has 2 aromatic carbocycles. The van der Waals surface area contributed by atoms with E-state index in [0.29, 0.717) is 17.3 Å². The molecule has 3 nitrogen and oxygen atoms in total.